The normalized spacial score (nSPS) is 15.1. The molecule has 0 aliphatic heterocycles. The second-order valence-electron chi connectivity index (χ2n) is 3.90. The molecule has 0 bridgehead atoms. The zero-order valence-corrected chi connectivity index (χ0v) is 9.32. The number of nitrogens with zero attached hydrogens (tertiary/aromatic N) is 2. The molecule has 2 rings (SSSR count). The van der Waals surface area contributed by atoms with Gasteiger partial charge in [0.25, 0.3) is 5.82 Å². The van der Waals surface area contributed by atoms with Crippen LogP contribution in [0.1, 0.15) is 36.2 Å². The van der Waals surface area contributed by atoms with E-state index in [2.05, 4.69) is 20.5 Å². The minimum absolute atomic E-state index is 0.102. The third-order valence-electron chi connectivity index (χ3n) is 2.41. The van der Waals surface area contributed by atoms with Gasteiger partial charge < -0.3 is 10.1 Å². The van der Waals surface area contributed by atoms with E-state index in [0.717, 1.165) is 12.5 Å². The Bertz CT molecular complexity index is 359. The standard InChI is InChI=1S/C10H16N4O2/c1-2-16-10(15)9-12-8(13-14-9)6-11-5-7-3-4-7/h7,11H,2-6H2,1H3,(H,12,13,14). The third kappa shape index (κ3) is 3.03. The number of nitrogens with one attached hydrogen (secondary N) is 2. The van der Waals surface area contributed by atoms with E-state index in [1.807, 2.05) is 0 Å². The molecule has 1 aromatic heterocycles. The van der Waals surface area contributed by atoms with Gasteiger partial charge in [-0.1, -0.05) is 0 Å². The summed E-state index contributed by atoms with van der Waals surface area (Å²) in [6.07, 6.45) is 2.63. The Hall–Kier alpha value is -1.43. The number of ether oxygens (including phenoxy) is 1. The largest absolute Gasteiger partial charge is 0.460 e. The molecule has 6 heteroatoms. The quantitative estimate of drug-likeness (QED) is 0.687. The van der Waals surface area contributed by atoms with Crippen molar-refractivity contribution in [1.82, 2.24) is 20.5 Å². The fourth-order valence-electron chi connectivity index (χ4n) is 1.38. The molecular formula is C10H16N4O2. The summed E-state index contributed by atoms with van der Waals surface area (Å²) >= 11 is 0. The van der Waals surface area contributed by atoms with Gasteiger partial charge >= 0.3 is 5.97 Å². The molecule has 16 heavy (non-hydrogen) atoms. The molecule has 1 fully saturated rings. The first-order chi connectivity index (χ1) is 7.79. The molecule has 0 spiro atoms. The van der Waals surface area contributed by atoms with Crippen LogP contribution >= 0.6 is 0 Å². The van der Waals surface area contributed by atoms with Crippen molar-refractivity contribution < 1.29 is 9.53 Å². The number of carbonyl (C=O) groups excluding carboxylic acids is 1. The summed E-state index contributed by atoms with van der Waals surface area (Å²) in [7, 11) is 0. The lowest BCUT2D eigenvalue weighted by molar-refractivity contribution is 0.0512. The van der Waals surface area contributed by atoms with Crippen LogP contribution in [-0.4, -0.2) is 34.3 Å². The highest BCUT2D eigenvalue weighted by atomic mass is 16.5. The number of aromatic amines is 1. The monoisotopic (exact) mass is 224 g/mol. The van der Waals surface area contributed by atoms with E-state index in [4.69, 9.17) is 4.74 Å². The Morgan fingerprint density at radius 3 is 3.12 bits per heavy atom. The van der Waals surface area contributed by atoms with Crippen molar-refractivity contribution in [2.45, 2.75) is 26.3 Å². The smallest absolute Gasteiger partial charge is 0.378 e. The summed E-state index contributed by atoms with van der Waals surface area (Å²) in [6.45, 7) is 3.71. The van der Waals surface area contributed by atoms with Gasteiger partial charge in [0.2, 0.25) is 0 Å². The van der Waals surface area contributed by atoms with Crippen molar-refractivity contribution in [2.75, 3.05) is 13.2 Å². The summed E-state index contributed by atoms with van der Waals surface area (Å²) in [5.74, 6) is 1.12. The molecule has 0 saturated heterocycles. The van der Waals surface area contributed by atoms with Gasteiger partial charge in [0.1, 0.15) is 5.82 Å². The molecule has 0 amide bonds. The molecule has 6 nitrogen and oxygen atoms in total. The maximum atomic E-state index is 11.3. The molecular weight excluding hydrogens is 208 g/mol. The second kappa shape index (κ2) is 5.07. The highest BCUT2D eigenvalue weighted by molar-refractivity contribution is 5.84. The van der Waals surface area contributed by atoms with Crippen LogP contribution in [0.4, 0.5) is 0 Å². The zero-order chi connectivity index (χ0) is 11.4. The molecule has 2 N–H and O–H groups in total. The van der Waals surface area contributed by atoms with Gasteiger partial charge in [0.05, 0.1) is 13.2 Å². The molecule has 1 saturated carbocycles. The summed E-state index contributed by atoms with van der Waals surface area (Å²) in [6, 6.07) is 0. The second-order valence-corrected chi connectivity index (χ2v) is 3.90. The number of carbonyl (C=O) groups is 1. The first kappa shape index (κ1) is 11.1. The Labute approximate surface area is 93.8 Å². The van der Waals surface area contributed by atoms with Gasteiger partial charge in [0, 0.05) is 0 Å². The first-order valence-corrected chi connectivity index (χ1v) is 5.58. The van der Waals surface area contributed by atoms with Crippen LogP contribution in [0.2, 0.25) is 0 Å². The summed E-state index contributed by atoms with van der Waals surface area (Å²) in [5.41, 5.74) is 0. The highest BCUT2D eigenvalue weighted by Crippen LogP contribution is 2.27. The average molecular weight is 224 g/mol. The Morgan fingerprint density at radius 2 is 2.44 bits per heavy atom. The van der Waals surface area contributed by atoms with Crippen LogP contribution in [0.5, 0.6) is 0 Å². The van der Waals surface area contributed by atoms with Crippen LogP contribution in [0, 0.1) is 5.92 Å². The Morgan fingerprint density at radius 1 is 1.62 bits per heavy atom. The fourth-order valence-corrected chi connectivity index (χ4v) is 1.38. The van der Waals surface area contributed by atoms with Gasteiger partial charge in [-0.15, -0.1) is 5.10 Å². The lowest BCUT2D eigenvalue weighted by Gasteiger charge is -1.98. The molecule has 0 unspecified atom stereocenters. The summed E-state index contributed by atoms with van der Waals surface area (Å²) in [5, 5.41) is 9.77. The van der Waals surface area contributed by atoms with E-state index >= 15 is 0 Å². The van der Waals surface area contributed by atoms with Gasteiger partial charge in [0.15, 0.2) is 0 Å². The SMILES string of the molecule is CCOC(=O)c1n[nH]c(CNCC2CC2)n1. The van der Waals surface area contributed by atoms with E-state index in [0.29, 0.717) is 19.0 Å². The highest BCUT2D eigenvalue weighted by Gasteiger charge is 2.20. The summed E-state index contributed by atoms with van der Waals surface area (Å²) < 4.78 is 4.79. The van der Waals surface area contributed by atoms with Crippen molar-refractivity contribution in [3.63, 3.8) is 0 Å². The molecule has 0 radical (unpaired) electrons. The van der Waals surface area contributed by atoms with Gasteiger partial charge in [-0.05, 0) is 32.2 Å². The van der Waals surface area contributed by atoms with E-state index in [1.165, 1.54) is 12.8 Å². The Balaban J connectivity index is 1.78. The third-order valence-corrected chi connectivity index (χ3v) is 2.41. The van der Waals surface area contributed by atoms with Crippen molar-refractivity contribution >= 4 is 5.97 Å². The lowest BCUT2D eigenvalue weighted by Crippen LogP contribution is -2.17. The maximum absolute atomic E-state index is 11.3. The molecule has 88 valence electrons. The van der Waals surface area contributed by atoms with E-state index in [-0.39, 0.29) is 5.82 Å². The lowest BCUT2D eigenvalue weighted by atomic mass is 10.4. The van der Waals surface area contributed by atoms with Crippen molar-refractivity contribution in [3.8, 4) is 0 Å². The number of aromatic nitrogens is 3. The fraction of sp³-hybridized carbons (Fsp3) is 0.700. The number of hydrogen-bond acceptors (Lipinski definition) is 5. The van der Waals surface area contributed by atoms with E-state index < -0.39 is 5.97 Å². The number of rotatable bonds is 6. The molecule has 1 aliphatic rings. The van der Waals surface area contributed by atoms with Crippen molar-refractivity contribution in [3.05, 3.63) is 11.6 Å². The van der Waals surface area contributed by atoms with Crippen LogP contribution in [0.25, 0.3) is 0 Å². The zero-order valence-electron chi connectivity index (χ0n) is 9.32. The molecule has 1 aromatic rings. The maximum Gasteiger partial charge on any atom is 0.378 e. The van der Waals surface area contributed by atoms with E-state index in [9.17, 15) is 4.79 Å². The molecule has 1 aliphatic carbocycles. The van der Waals surface area contributed by atoms with Crippen LogP contribution in [-0.2, 0) is 11.3 Å². The topological polar surface area (TPSA) is 79.9 Å². The Kier molecular flexibility index (Phi) is 3.51. The average Bonchev–Trinajstić information content (AvgIpc) is 2.95. The van der Waals surface area contributed by atoms with Crippen molar-refractivity contribution in [1.29, 1.82) is 0 Å². The van der Waals surface area contributed by atoms with Crippen molar-refractivity contribution in [2.24, 2.45) is 5.92 Å². The molecule has 0 aromatic carbocycles. The minimum Gasteiger partial charge on any atom is -0.460 e. The summed E-state index contributed by atoms with van der Waals surface area (Å²) in [4.78, 5) is 15.3. The predicted octanol–water partition coefficient (Wildman–Crippen LogP) is 0.481. The molecule has 0 atom stereocenters. The van der Waals surface area contributed by atoms with E-state index in [1.54, 1.807) is 6.92 Å². The number of H-pyrrole nitrogens is 1. The number of hydrogen-bond donors (Lipinski definition) is 2. The van der Waals surface area contributed by atoms with Gasteiger partial charge in [-0.3, -0.25) is 5.10 Å². The number of esters is 1. The van der Waals surface area contributed by atoms with Gasteiger partial charge in [-0.25, -0.2) is 9.78 Å². The van der Waals surface area contributed by atoms with Crippen LogP contribution in [0.3, 0.4) is 0 Å². The van der Waals surface area contributed by atoms with Crippen LogP contribution in [0.15, 0.2) is 0 Å². The molecule has 1 heterocycles. The van der Waals surface area contributed by atoms with Crippen LogP contribution < -0.4 is 5.32 Å². The predicted molar refractivity (Wildman–Crippen MR) is 56.8 cm³/mol. The minimum atomic E-state index is -0.479. The van der Waals surface area contributed by atoms with Gasteiger partial charge in [-0.2, -0.15) is 0 Å². The first-order valence-electron chi connectivity index (χ1n) is 5.58.